The van der Waals surface area contributed by atoms with E-state index < -0.39 is 5.92 Å². The molecule has 1 aliphatic heterocycles. The average molecular weight is 405 g/mol. The van der Waals surface area contributed by atoms with E-state index in [1.165, 1.54) is 0 Å². The number of nitrogens with two attached hydrogens (primary N) is 1. The zero-order chi connectivity index (χ0) is 20.5. The van der Waals surface area contributed by atoms with Crippen molar-refractivity contribution in [2.24, 2.45) is 5.73 Å². The van der Waals surface area contributed by atoms with Crippen LogP contribution in [0.2, 0.25) is 5.02 Å². The Hall–Kier alpha value is -3.56. The maximum Gasteiger partial charge on any atom is 0.259 e. The van der Waals surface area contributed by atoms with E-state index in [-0.39, 0.29) is 17.0 Å². The molecule has 0 saturated carbocycles. The second kappa shape index (κ2) is 7.46. The predicted octanol–water partition coefficient (Wildman–Crippen LogP) is 3.47. The van der Waals surface area contributed by atoms with Gasteiger partial charge in [0.1, 0.15) is 17.4 Å². The number of hydrogen-bond donors (Lipinski definition) is 1. The summed E-state index contributed by atoms with van der Waals surface area (Å²) in [7, 11) is 0. The number of hydrogen-bond acceptors (Lipinski definition) is 5. The van der Waals surface area contributed by atoms with Crippen LogP contribution in [0.5, 0.6) is 5.75 Å². The van der Waals surface area contributed by atoms with Gasteiger partial charge in [-0.05, 0) is 30.2 Å². The number of fused-ring (bicyclic) bond motifs is 1. The topological polar surface area (TPSA) is 93.9 Å². The zero-order valence-corrected chi connectivity index (χ0v) is 16.3. The maximum absolute atomic E-state index is 13.5. The predicted molar refractivity (Wildman–Crippen MR) is 110 cm³/mol. The Bertz CT molecular complexity index is 1230. The first-order valence-corrected chi connectivity index (χ1v) is 9.34. The fourth-order valence-electron chi connectivity index (χ4n) is 3.58. The van der Waals surface area contributed by atoms with Gasteiger partial charge in [-0.1, -0.05) is 35.9 Å². The third-order valence-corrected chi connectivity index (χ3v) is 5.31. The highest BCUT2D eigenvalue weighted by atomic mass is 35.5. The molecule has 0 spiro atoms. The summed E-state index contributed by atoms with van der Waals surface area (Å²) in [6.07, 6.45) is 3.39. The van der Waals surface area contributed by atoms with E-state index in [2.05, 4.69) is 11.1 Å². The molecule has 6 nitrogen and oxygen atoms in total. The van der Waals surface area contributed by atoms with Gasteiger partial charge < -0.3 is 15.0 Å². The molecule has 144 valence electrons. The minimum absolute atomic E-state index is 0.0197. The molecule has 1 aromatic carbocycles. The molecule has 0 fully saturated rings. The molecule has 3 aromatic rings. The molecule has 29 heavy (non-hydrogen) atoms. The number of rotatable bonds is 3. The molecule has 0 bridgehead atoms. The summed E-state index contributed by atoms with van der Waals surface area (Å²) >= 11 is 6.42. The average Bonchev–Trinajstić information content (AvgIpc) is 2.71. The van der Waals surface area contributed by atoms with E-state index in [4.69, 9.17) is 22.1 Å². The molecule has 0 amide bonds. The van der Waals surface area contributed by atoms with Gasteiger partial charge in [-0.25, -0.2) is 0 Å². The summed E-state index contributed by atoms with van der Waals surface area (Å²) in [6.45, 7) is 2.17. The fraction of sp³-hybridized carbons (Fsp3) is 0.136. The van der Waals surface area contributed by atoms with E-state index >= 15 is 0 Å². The lowest BCUT2D eigenvalue weighted by Gasteiger charge is -2.27. The van der Waals surface area contributed by atoms with Crippen LogP contribution in [0.25, 0.3) is 0 Å². The lowest BCUT2D eigenvalue weighted by atomic mass is 9.84. The van der Waals surface area contributed by atoms with Crippen LogP contribution >= 0.6 is 11.6 Å². The van der Waals surface area contributed by atoms with E-state index in [0.717, 1.165) is 5.56 Å². The molecule has 0 unspecified atom stereocenters. The first-order valence-electron chi connectivity index (χ1n) is 8.96. The number of pyridine rings is 2. The SMILES string of the molecule is Cc1cc2c(c(=O)n1Cc1cccnc1)[C@@H](c1ccccc1Cl)C(C#N)=C(N)O2. The summed E-state index contributed by atoms with van der Waals surface area (Å²) < 4.78 is 7.30. The van der Waals surface area contributed by atoms with Crippen molar-refractivity contribution < 1.29 is 4.74 Å². The normalized spacial score (nSPS) is 15.4. The minimum atomic E-state index is -0.703. The molecular formula is C22H17ClN4O2. The monoisotopic (exact) mass is 404 g/mol. The van der Waals surface area contributed by atoms with Crippen LogP contribution < -0.4 is 16.0 Å². The van der Waals surface area contributed by atoms with Gasteiger partial charge >= 0.3 is 0 Å². The van der Waals surface area contributed by atoms with Gasteiger partial charge in [0.2, 0.25) is 5.88 Å². The van der Waals surface area contributed by atoms with Crippen LogP contribution in [0.15, 0.2) is 71.1 Å². The molecular weight excluding hydrogens is 388 g/mol. The number of nitrogens with zero attached hydrogens (tertiary/aromatic N) is 3. The highest BCUT2D eigenvalue weighted by Gasteiger charge is 2.35. The van der Waals surface area contributed by atoms with Crippen molar-refractivity contribution in [2.75, 3.05) is 0 Å². The van der Waals surface area contributed by atoms with Gasteiger partial charge in [-0.3, -0.25) is 9.78 Å². The Morgan fingerprint density at radius 1 is 1.31 bits per heavy atom. The third-order valence-electron chi connectivity index (χ3n) is 4.97. The van der Waals surface area contributed by atoms with Crippen molar-refractivity contribution >= 4 is 11.6 Å². The van der Waals surface area contributed by atoms with Crippen molar-refractivity contribution in [1.29, 1.82) is 5.26 Å². The van der Waals surface area contributed by atoms with E-state index in [9.17, 15) is 10.1 Å². The first-order chi connectivity index (χ1) is 14.0. The standard InChI is InChI=1S/C22H17ClN4O2/c1-13-9-18-20(22(28)27(13)12-14-5-4-8-26-11-14)19(16(10-24)21(25)29-18)15-6-2-3-7-17(15)23/h2-9,11,19H,12,25H2,1H3/t19-/m0/s1. The molecule has 1 atom stereocenters. The smallest absolute Gasteiger partial charge is 0.259 e. The minimum Gasteiger partial charge on any atom is -0.440 e. The summed E-state index contributed by atoms with van der Waals surface area (Å²) in [5, 5.41) is 10.2. The van der Waals surface area contributed by atoms with Gasteiger partial charge in [0.15, 0.2) is 0 Å². The Balaban J connectivity index is 1.96. The molecule has 0 aliphatic carbocycles. The van der Waals surface area contributed by atoms with E-state index in [1.54, 1.807) is 41.2 Å². The van der Waals surface area contributed by atoms with Crippen molar-refractivity contribution in [2.45, 2.75) is 19.4 Å². The van der Waals surface area contributed by atoms with Gasteiger partial charge in [0.25, 0.3) is 5.56 Å². The molecule has 0 radical (unpaired) electrons. The van der Waals surface area contributed by atoms with Crippen LogP contribution in [0.1, 0.15) is 28.3 Å². The quantitative estimate of drug-likeness (QED) is 0.721. The van der Waals surface area contributed by atoms with E-state index in [1.807, 2.05) is 25.1 Å². The van der Waals surface area contributed by atoms with Crippen LogP contribution in [-0.4, -0.2) is 9.55 Å². The number of ether oxygens (including phenoxy) is 1. The number of allylic oxidation sites excluding steroid dienone is 1. The van der Waals surface area contributed by atoms with Crippen LogP contribution in [-0.2, 0) is 6.54 Å². The Morgan fingerprint density at radius 2 is 2.10 bits per heavy atom. The highest BCUT2D eigenvalue weighted by molar-refractivity contribution is 6.31. The molecule has 4 rings (SSSR count). The number of aryl methyl sites for hydroxylation is 1. The lowest BCUT2D eigenvalue weighted by molar-refractivity contribution is 0.389. The molecule has 2 N–H and O–H groups in total. The second-order valence-corrected chi connectivity index (χ2v) is 7.17. The molecule has 7 heteroatoms. The number of halogens is 1. The van der Waals surface area contributed by atoms with Crippen LogP contribution in [0, 0.1) is 18.3 Å². The largest absolute Gasteiger partial charge is 0.440 e. The Morgan fingerprint density at radius 3 is 2.79 bits per heavy atom. The van der Waals surface area contributed by atoms with Crippen LogP contribution in [0.3, 0.4) is 0 Å². The number of aromatic nitrogens is 2. The molecule has 0 saturated heterocycles. The van der Waals surface area contributed by atoms with Crippen molar-refractivity contribution in [3.05, 3.63) is 104 Å². The van der Waals surface area contributed by atoms with E-state index in [0.29, 0.717) is 34.1 Å². The van der Waals surface area contributed by atoms with Crippen molar-refractivity contribution in [3.63, 3.8) is 0 Å². The Kier molecular flexibility index (Phi) is 4.83. The van der Waals surface area contributed by atoms with Gasteiger partial charge in [0.05, 0.1) is 18.0 Å². The van der Waals surface area contributed by atoms with Crippen LogP contribution in [0.4, 0.5) is 0 Å². The second-order valence-electron chi connectivity index (χ2n) is 6.76. The lowest BCUT2D eigenvalue weighted by Crippen LogP contribution is -2.33. The number of nitriles is 1. The fourth-order valence-corrected chi connectivity index (χ4v) is 3.82. The van der Waals surface area contributed by atoms with Gasteiger partial charge in [-0.2, -0.15) is 5.26 Å². The summed E-state index contributed by atoms with van der Waals surface area (Å²) in [6, 6.07) is 14.7. The highest BCUT2D eigenvalue weighted by Crippen LogP contribution is 2.42. The first kappa shape index (κ1) is 18.8. The maximum atomic E-state index is 13.5. The van der Waals surface area contributed by atoms with Gasteiger partial charge in [-0.15, -0.1) is 0 Å². The zero-order valence-electron chi connectivity index (χ0n) is 15.6. The summed E-state index contributed by atoms with van der Waals surface area (Å²) in [4.78, 5) is 17.7. The van der Waals surface area contributed by atoms with Crippen molar-refractivity contribution in [3.8, 4) is 11.8 Å². The van der Waals surface area contributed by atoms with Gasteiger partial charge in [0, 0.05) is 29.2 Å². The molecule has 1 aliphatic rings. The summed E-state index contributed by atoms with van der Waals surface area (Å²) in [5.41, 5.74) is 8.51. The Labute approximate surface area is 172 Å². The third kappa shape index (κ3) is 3.26. The van der Waals surface area contributed by atoms with Crippen molar-refractivity contribution in [1.82, 2.24) is 9.55 Å². The molecule has 2 aromatic heterocycles. The molecule has 3 heterocycles. The summed E-state index contributed by atoms with van der Waals surface area (Å²) in [5.74, 6) is -0.379. The number of benzene rings is 1.